The Morgan fingerprint density at radius 2 is 2.00 bits per heavy atom. The van der Waals surface area contributed by atoms with Gasteiger partial charge in [0.1, 0.15) is 5.76 Å². The molecule has 0 amide bonds. The van der Waals surface area contributed by atoms with Crippen LogP contribution in [0, 0.1) is 5.92 Å². The van der Waals surface area contributed by atoms with Gasteiger partial charge in [0.25, 0.3) is 0 Å². The van der Waals surface area contributed by atoms with E-state index in [2.05, 4.69) is 6.58 Å². The summed E-state index contributed by atoms with van der Waals surface area (Å²) in [5, 5.41) is 0.701. The molecule has 2 aliphatic rings. The normalized spacial score (nSPS) is 21.9. The molecule has 1 fully saturated rings. The molecular weight excluding hydrogens is 244 g/mol. The van der Waals surface area contributed by atoms with Gasteiger partial charge in [-0.3, -0.25) is 0 Å². The highest BCUT2D eigenvalue weighted by Gasteiger charge is 2.15. The van der Waals surface area contributed by atoms with Crippen molar-refractivity contribution in [1.82, 2.24) is 0 Å². The first-order valence-corrected chi connectivity index (χ1v) is 7.13. The molecule has 1 saturated carbocycles. The lowest BCUT2D eigenvalue weighted by Crippen LogP contribution is -2.13. The lowest BCUT2D eigenvalue weighted by atomic mass is 9.90. The van der Waals surface area contributed by atoms with Crippen LogP contribution in [-0.2, 0) is 4.74 Å². The van der Waals surface area contributed by atoms with Crippen molar-refractivity contribution in [3.63, 3.8) is 0 Å². The van der Waals surface area contributed by atoms with Gasteiger partial charge in [0, 0.05) is 5.03 Å². The highest BCUT2D eigenvalue weighted by molar-refractivity contribution is 6.31. The molecule has 18 heavy (non-hydrogen) atoms. The summed E-state index contributed by atoms with van der Waals surface area (Å²) in [6.45, 7) is 6.86. The molecule has 1 nitrogen and oxygen atoms in total. The number of halogens is 1. The van der Waals surface area contributed by atoms with Crippen molar-refractivity contribution >= 4 is 11.6 Å². The molecule has 0 atom stereocenters. The van der Waals surface area contributed by atoms with Crippen molar-refractivity contribution in [2.75, 3.05) is 6.61 Å². The topological polar surface area (TPSA) is 9.23 Å². The van der Waals surface area contributed by atoms with Crippen LogP contribution < -0.4 is 0 Å². The van der Waals surface area contributed by atoms with E-state index in [1.54, 1.807) is 0 Å². The molecule has 98 valence electrons. The maximum absolute atomic E-state index is 6.09. The van der Waals surface area contributed by atoms with Gasteiger partial charge in [0.15, 0.2) is 0 Å². The van der Waals surface area contributed by atoms with E-state index in [0.717, 1.165) is 23.5 Å². The molecule has 0 unspecified atom stereocenters. The average Bonchev–Trinajstić information content (AvgIpc) is 2.51. The molecule has 0 saturated heterocycles. The minimum absolute atomic E-state index is 0.701. The number of rotatable bonds is 3. The van der Waals surface area contributed by atoms with Crippen LogP contribution in [0.4, 0.5) is 0 Å². The summed E-state index contributed by atoms with van der Waals surface area (Å²) < 4.78 is 5.97. The monoisotopic (exact) mass is 264 g/mol. The van der Waals surface area contributed by atoms with Gasteiger partial charge < -0.3 is 4.74 Å². The Balaban J connectivity index is 2.00. The predicted molar refractivity (Wildman–Crippen MR) is 77.4 cm³/mol. The third kappa shape index (κ3) is 3.52. The maximum Gasteiger partial charge on any atom is 0.124 e. The second-order valence-electron chi connectivity index (χ2n) is 5.19. The molecule has 0 radical (unpaired) electrons. The number of allylic oxidation sites excluding steroid dienone is 6. The second-order valence-corrected chi connectivity index (χ2v) is 5.63. The molecule has 0 aromatic rings. The van der Waals surface area contributed by atoms with Crippen LogP contribution in [0.5, 0.6) is 0 Å². The largest absolute Gasteiger partial charge is 0.493 e. The van der Waals surface area contributed by atoms with Crippen LogP contribution in [0.25, 0.3) is 0 Å². The molecule has 0 aliphatic heterocycles. The minimum atomic E-state index is 0.701. The highest BCUT2D eigenvalue weighted by atomic mass is 35.5. The maximum atomic E-state index is 6.09. The van der Waals surface area contributed by atoms with Crippen molar-refractivity contribution in [2.24, 2.45) is 5.92 Å². The Morgan fingerprint density at radius 1 is 1.28 bits per heavy atom. The van der Waals surface area contributed by atoms with Gasteiger partial charge in [-0.05, 0) is 49.0 Å². The number of ether oxygens (including phenoxy) is 1. The summed E-state index contributed by atoms with van der Waals surface area (Å²) in [5.41, 5.74) is 2.05. The van der Waals surface area contributed by atoms with E-state index in [0.29, 0.717) is 11.0 Å². The third-order valence-electron chi connectivity index (χ3n) is 3.76. The van der Waals surface area contributed by atoms with E-state index >= 15 is 0 Å². The van der Waals surface area contributed by atoms with Crippen LogP contribution in [0.3, 0.4) is 0 Å². The zero-order chi connectivity index (χ0) is 13.0. The summed E-state index contributed by atoms with van der Waals surface area (Å²) >= 11 is 6.09. The summed E-state index contributed by atoms with van der Waals surface area (Å²) in [5.74, 6) is 1.58. The van der Waals surface area contributed by atoms with Crippen LogP contribution in [0.1, 0.15) is 39.0 Å². The van der Waals surface area contributed by atoms with Crippen molar-refractivity contribution in [2.45, 2.75) is 39.0 Å². The minimum Gasteiger partial charge on any atom is -0.493 e. The molecule has 0 aromatic heterocycles. The fourth-order valence-corrected chi connectivity index (χ4v) is 2.62. The van der Waals surface area contributed by atoms with Crippen molar-refractivity contribution in [3.05, 3.63) is 46.7 Å². The van der Waals surface area contributed by atoms with E-state index in [9.17, 15) is 0 Å². The van der Waals surface area contributed by atoms with E-state index in [1.165, 1.54) is 32.1 Å². The lowest BCUT2D eigenvalue weighted by Gasteiger charge is -2.22. The fraction of sp³-hybridized carbons (Fsp3) is 0.500. The van der Waals surface area contributed by atoms with Crippen LogP contribution in [0.2, 0.25) is 0 Å². The lowest BCUT2D eigenvalue weighted by molar-refractivity contribution is 0.148. The van der Waals surface area contributed by atoms with Gasteiger partial charge >= 0.3 is 0 Å². The molecule has 2 aliphatic carbocycles. The Hall–Kier alpha value is -0.950. The molecular formula is C16H21ClO. The fourth-order valence-electron chi connectivity index (χ4n) is 2.46. The molecule has 0 aromatic carbocycles. The van der Waals surface area contributed by atoms with Crippen LogP contribution in [-0.4, -0.2) is 6.61 Å². The van der Waals surface area contributed by atoms with Gasteiger partial charge in [0.05, 0.1) is 6.61 Å². The predicted octanol–water partition coefficient (Wildman–Crippen LogP) is 5.11. The number of hydrogen-bond donors (Lipinski definition) is 0. The van der Waals surface area contributed by atoms with E-state index < -0.39 is 0 Å². The SMILES string of the molecule is C=C1C=CC(Cl)=CC(OCC2CCCCC2)=C1C. The molecule has 0 N–H and O–H groups in total. The first-order valence-electron chi connectivity index (χ1n) is 6.75. The Morgan fingerprint density at radius 3 is 2.72 bits per heavy atom. The van der Waals surface area contributed by atoms with Crippen molar-refractivity contribution < 1.29 is 4.74 Å². The zero-order valence-corrected chi connectivity index (χ0v) is 11.8. The Labute approximate surface area is 115 Å². The second kappa shape index (κ2) is 6.29. The Bertz CT molecular complexity index is 409. The zero-order valence-electron chi connectivity index (χ0n) is 11.0. The van der Waals surface area contributed by atoms with Crippen LogP contribution in [0.15, 0.2) is 46.7 Å². The van der Waals surface area contributed by atoms with E-state index in [4.69, 9.17) is 16.3 Å². The molecule has 0 bridgehead atoms. The van der Waals surface area contributed by atoms with Gasteiger partial charge in [0.2, 0.25) is 0 Å². The van der Waals surface area contributed by atoms with Crippen LogP contribution >= 0.6 is 11.6 Å². The first kappa shape index (κ1) is 13.5. The standard InChI is InChI=1S/C16H21ClO/c1-12-8-9-15(17)10-16(13(12)2)18-11-14-6-4-3-5-7-14/h8-10,14H,1,3-7,11H2,2H3. The summed E-state index contributed by atoms with van der Waals surface area (Å²) in [6.07, 6.45) is 12.4. The number of hydrogen-bond acceptors (Lipinski definition) is 1. The quantitative estimate of drug-likeness (QED) is 0.689. The van der Waals surface area contributed by atoms with Gasteiger partial charge in [-0.25, -0.2) is 0 Å². The molecule has 2 rings (SSSR count). The van der Waals surface area contributed by atoms with Gasteiger partial charge in [-0.15, -0.1) is 0 Å². The van der Waals surface area contributed by atoms with E-state index in [1.807, 2.05) is 25.2 Å². The highest BCUT2D eigenvalue weighted by Crippen LogP contribution is 2.27. The summed E-state index contributed by atoms with van der Waals surface area (Å²) in [7, 11) is 0. The third-order valence-corrected chi connectivity index (χ3v) is 4.00. The van der Waals surface area contributed by atoms with Gasteiger partial charge in [-0.1, -0.05) is 43.5 Å². The van der Waals surface area contributed by atoms with Gasteiger partial charge in [-0.2, -0.15) is 0 Å². The smallest absolute Gasteiger partial charge is 0.124 e. The average molecular weight is 265 g/mol. The molecule has 2 heteroatoms. The Kier molecular flexibility index (Phi) is 4.71. The summed E-state index contributed by atoms with van der Waals surface area (Å²) in [4.78, 5) is 0. The van der Waals surface area contributed by atoms with E-state index in [-0.39, 0.29) is 0 Å². The molecule has 0 heterocycles. The van der Waals surface area contributed by atoms with Crippen molar-refractivity contribution in [1.29, 1.82) is 0 Å². The summed E-state index contributed by atoms with van der Waals surface area (Å²) in [6, 6.07) is 0. The molecule has 0 spiro atoms. The van der Waals surface area contributed by atoms with Crippen molar-refractivity contribution in [3.8, 4) is 0 Å². The first-order chi connectivity index (χ1) is 8.66.